The molecule has 0 saturated carbocycles. The van der Waals surface area contributed by atoms with Crippen molar-refractivity contribution in [3.05, 3.63) is 57.7 Å². The molecule has 9 heteroatoms. The molecule has 138 valence electrons. The summed E-state index contributed by atoms with van der Waals surface area (Å²) in [6, 6.07) is 5.30. The van der Waals surface area contributed by atoms with E-state index in [1.807, 2.05) is 6.92 Å². The number of amidine groups is 1. The van der Waals surface area contributed by atoms with Gasteiger partial charge < -0.3 is 10.2 Å². The second-order valence-electron chi connectivity index (χ2n) is 6.09. The fourth-order valence-electron chi connectivity index (χ4n) is 2.77. The van der Waals surface area contributed by atoms with Crippen molar-refractivity contribution in [3.8, 4) is 0 Å². The topological polar surface area (TPSA) is 78.8 Å². The number of sulfonamides is 1. The molecular weight excluding hydrogens is 397 g/mol. The minimum Gasteiger partial charge on any atom is -0.351 e. The zero-order chi connectivity index (χ0) is 18.9. The Morgan fingerprint density at radius 1 is 1.31 bits per heavy atom. The van der Waals surface area contributed by atoms with Crippen LogP contribution in [-0.4, -0.2) is 43.9 Å². The van der Waals surface area contributed by atoms with E-state index in [1.54, 1.807) is 35.4 Å². The normalized spacial score (nSPS) is 19.3. The summed E-state index contributed by atoms with van der Waals surface area (Å²) >= 11 is 12.4. The maximum Gasteiger partial charge on any atom is 0.256 e. The fourth-order valence-corrected chi connectivity index (χ4v) is 4.51. The van der Waals surface area contributed by atoms with Gasteiger partial charge in [0.2, 0.25) is 0 Å². The van der Waals surface area contributed by atoms with E-state index >= 15 is 0 Å². The van der Waals surface area contributed by atoms with E-state index in [-0.39, 0.29) is 24.1 Å². The van der Waals surface area contributed by atoms with Crippen molar-refractivity contribution in [2.45, 2.75) is 12.8 Å². The predicted molar refractivity (Wildman–Crippen MR) is 103 cm³/mol. The van der Waals surface area contributed by atoms with E-state index < -0.39 is 10.0 Å². The van der Waals surface area contributed by atoms with Gasteiger partial charge in [-0.05, 0) is 29.8 Å². The molecule has 1 N–H and O–H groups in total. The van der Waals surface area contributed by atoms with Crippen molar-refractivity contribution in [2.75, 3.05) is 18.8 Å². The molecule has 0 saturated heterocycles. The first-order chi connectivity index (χ1) is 12.3. The Kier molecular flexibility index (Phi) is 5.41. The number of nitrogens with one attached hydrogen (secondary N) is 1. The van der Waals surface area contributed by atoms with E-state index in [0.29, 0.717) is 28.0 Å². The molecule has 1 aromatic rings. The molecule has 0 radical (unpaired) electrons. The first-order valence-corrected chi connectivity index (χ1v) is 10.3. The predicted octanol–water partition coefficient (Wildman–Crippen LogP) is 2.71. The average molecular weight is 414 g/mol. The van der Waals surface area contributed by atoms with Crippen molar-refractivity contribution >= 4 is 45.0 Å². The van der Waals surface area contributed by atoms with Crippen LogP contribution in [0, 0.1) is 0 Å². The number of fused-ring (bicyclic) bond motifs is 1. The maximum atomic E-state index is 12.4. The van der Waals surface area contributed by atoms with Gasteiger partial charge in [-0.1, -0.05) is 36.2 Å². The lowest BCUT2D eigenvalue weighted by Gasteiger charge is -2.27. The van der Waals surface area contributed by atoms with Gasteiger partial charge in [-0.3, -0.25) is 4.79 Å². The Morgan fingerprint density at radius 3 is 2.69 bits per heavy atom. The zero-order valence-corrected chi connectivity index (χ0v) is 16.3. The summed E-state index contributed by atoms with van der Waals surface area (Å²) in [4.78, 5) is 14.1. The van der Waals surface area contributed by atoms with E-state index in [9.17, 15) is 13.2 Å². The Morgan fingerprint density at radius 2 is 2.00 bits per heavy atom. The number of carbonyl (C=O) groups excluding carboxylic acids is 1. The summed E-state index contributed by atoms with van der Waals surface area (Å²) in [5.74, 6) is -0.0732. The van der Waals surface area contributed by atoms with E-state index in [4.69, 9.17) is 23.2 Å². The summed E-state index contributed by atoms with van der Waals surface area (Å²) in [5.41, 5.74) is 1.22. The van der Waals surface area contributed by atoms with Gasteiger partial charge in [0.15, 0.2) is 0 Å². The lowest BCUT2D eigenvalue weighted by atomic mass is 10.0. The number of hydrogen-bond donors (Lipinski definition) is 1. The minimum absolute atomic E-state index is 0.0643. The van der Waals surface area contributed by atoms with Crippen LogP contribution >= 0.6 is 23.2 Å². The van der Waals surface area contributed by atoms with E-state index in [0.717, 1.165) is 5.56 Å². The van der Waals surface area contributed by atoms with Gasteiger partial charge in [0, 0.05) is 35.3 Å². The molecule has 3 rings (SSSR count). The standard InChI is InChI=1S/C17H17Cl2N3O3S/c1-11(16-13(18)3-2-4-14(16)19)9-20-17(23)12-5-6-15-21-26(24,25)8-7-22(15)10-12/h2-6,10-11H,7-9H2,1H3,(H,20,23). The number of hydrogen-bond acceptors (Lipinski definition) is 4. The number of halogens is 2. The van der Waals surface area contributed by atoms with Crippen molar-refractivity contribution in [1.29, 1.82) is 0 Å². The number of benzene rings is 1. The quantitative estimate of drug-likeness (QED) is 0.822. The highest BCUT2D eigenvalue weighted by Crippen LogP contribution is 2.31. The lowest BCUT2D eigenvalue weighted by molar-refractivity contribution is -0.117. The Hall–Kier alpha value is -1.83. The third kappa shape index (κ3) is 4.11. The summed E-state index contributed by atoms with van der Waals surface area (Å²) in [7, 11) is -3.41. The average Bonchev–Trinajstić information content (AvgIpc) is 2.58. The molecule has 1 aromatic carbocycles. The van der Waals surface area contributed by atoms with Crippen LogP contribution < -0.4 is 5.32 Å². The van der Waals surface area contributed by atoms with Crippen molar-refractivity contribution in [3.63, 3.8) is 0 Å². The van der Waals surface area contributed by atoms with Crippen LogP contribution in [0.15, 0.2) is 46.5 Å². The summed E-state index contributed by atoms with van der Waals surface area (Å²) in [6.45, 7) is 2.56. The number of rotatable bonds is 4. The van der Waals surface area contributed by atoms with Gasteiger partial charge in [-0.15, -0.1) is 4.40 Å². The second kappa shape index (κ2) is 7.42. The van der Waals surface area contributed by atoms with Gasteiger partial charge in [0.1, 0.15) is 5.84 Å². The monoisotopic (exact) mass is 413 g/mol. The van der Waals surface area contributed by atoms with Gasteiger partial charge >= 0.3 is 0 Å². The third-order valence-electron chi connectivity index (χ3n) is 4.15. The molecule has 0 bridgehead atoms. The van der Waals surface area contributed by atoms with E-state index in [1.165, 1.54) is 6.08 Å². The molecule has 0 aliphatic carbocycles. The Bertz CT molecular complexity index is 918. The van der Waals surface area contributed by atoms with Crippen LogP contribution in [0.5, 0.6) is 0 Å². The highest BCUT2D eigenvalue weighted by molar-refractivity contribution is 7.90. The molecular formula is C17H17Cl2N3O3S. The van der Waals surface area contributed by atoms with Crippen LogP contribution in [-0.2, 0) is 14.8 Å². The molecule has 26 heavy (non-hydrogen) atoms. The summed E-state index contributed by atoms with van der Waals surface area (Å²) < 4.78 is 26.7. The molecule has 0 spiro atoms. The van der Waals surface area contributed by atoms with Crippen molar-refractivity contribution < 1.29 is 13.2 Å². The molecule has 1 atom stereocenters. The van der Waals surface area contributed by atoms with Crippen LogP contribution in [0.3, 0.4) is 0 Å². The van der Waals surface area contributed by atoms with Gasteiger partial charge in [0.05, 0.1) is 11.3 Å². The molecule has 1 amide bonds. The smallest absolute Gasteiger partial charge is 0.256 e. The molecule has 0 aromatic heterocycles. The second-order valence-corrected chi connectivity index (χ2v) is 8.66. The van der Waals surface area contributed by atoms with Crippen LogP contribution in [0.4, 0.5) is 0 Å². The van der Waals surface area contributed by atoms with Crippen LogP contribution in [0.2, 0.25) is 10.0 Å². The number of amides is 1. The lowest BCUT2D eigenvalue weighted by Crippen LogP contribution is -2.38. The summed E-state index contributed by atoms with van der Waals surface area (Å²) in [6.07, 6.45) is 4.69. The van der Waals surface area contributed by atoms with Crippen molar-refractivity contribution in [2.24, 2.45) is 4.40 Å². The minimum atomic E-state index is -3.41. The van der Waals surface area contributed by atoms with Gasteiger partial charge in [-0.2, -0.15) is 0 Å². The molecule has 2 aliphatic heterocycles. The number of nitrogens with zero attached hydrogens (tertiary/aromatic N) is 2. The molecule has 0 fully saturated rings. The largest absolute Gasteiger partial charge is 0.351 e. The van der Waals surface area contributed by atoms with Crippen LogP contribution in [0.1, 0.15) is 18.4 Å². The first kappa shape index (κ1) is 18.9. The third-order valence-corrected chi connectivity index (χ3v) is 5.97. The summed E-state index contributed by atoms with van der Waals surface area (Å²) in [5, 5.41) is 3.98. The van der Waals surface area contributed by atoms with Gasteiger partial charge in [-0.25, -0.2) is 8.42 Å². The fraction of sp³-hybridized carbons (Fsp3) is 0.294. The first-order valence-electron chi connectivity index (χ1n) is 7.98. The van der Waals surface area contributed by atoms with Gasteiger partial charge in [0.25, 0.3) is 15.9 Å². The van der Waals surface area contributed by atoms with E-state index in [2.05, 4.69) is 9.71 Å². The molecule has 2 heterocycles. The SMILES string of the molecule is CC(CNC(=O)C1=CN2CCS(=O)(=O)N=C2C=C1)c1c(Cl)cccc1Cl. The molecule has 1 unspecified atom stereocenters. The number of carbonyl (C=O) groups is 1. The zero-order valence-electron chi connectivity index (χ0n) is 13.9. The molecule has 2 aliphatic rings. The highest BCUT2D eigenvalue weighted by Gasteiger charge is 2.25. The highest BCUT2D eigenvalue weighted by atomic mass is 35.5. The molecule has 6 nitrogen and oxygen atoms in total. The van der Waals surface area contributed by atoms with Crippen molar-refractivity contribution in [1.82, 2.24) is 10.2 Å². The maximum absolute atomic E-state index is 12.4. The Labute approximate surface area is 162 Å². The Balaban J connectivity index is 1.66. The van der Waals surface area contributed by atoms with Crippen LogP contribution in [0.25, 0.3) is 0 Å².